The molecule has 0 saturated heterocycles. The Kier molecular flexibility index (Phi) is 4.05. The molecule has 1 aromatic rings. The Hall–Kier alpha value is -2.09. The number of hydrogen-bond donors (Lipinski definition) is 4. The number of nitrogens with two attached hydrogens (primary N) is 3. The van der Waals surface area contributed by atoms with E-state index in [0.29, 0.717) is 10.2 Å². The fourth-order valence-corrected chi connectivity index (χ4v) is 1.53. The minimum absolute atomic E-state index is 0.0793. The van der Waals surface area contributed by atoms with Gasteiger partial charge in [-0.3, -0.25) is 0 Å². The zero-order valence-corrected chi connectivity index (χ0v) is 10.2. The van der Waals surface area contributed by atoms with Gasteiger partial charge in [0.1, 0.15) is 0 Å². The molecule has 1 aromatic carbocycles. The molecule has 0 fully saturated rings. The van der Waals surface area contributed by atoms with Crippen molar-refractivity contribution in [1.82, 2.24) is 0 Å². The first-order valence-electron chi connectivity index (χ1n) is 4.36. The standard InChI is InChI=1S/C9H10BrN5O2/c10-5-1-4(7(16)17)2-6(3-5)14-9(13)15-8(11)12/h1-3H,(H,16,17)(H6,11,12,13,14,15). The molecular formula is C9H10BrN5O2. The zero-order chi connectivity index (χ0) is 13.0. The first kappa shape index (κ1) is 13.0. The molecule has 7 N–H and O–H groups in total. The van der Waals surface area contributed by atoms with E-state index in [2.05, 4.69) is 25.9 Å². The molecule has 0 bridgehead atoms. The third-order valence-electron chi connectivity index (χ3n) is 1.62. The van der Waals surface area contributed by atoms with Gasteiger partial charge in [0.15, 0.2) is 5.96 Å². The van der Waals surface area contributed by atoms with E-state index in [1.807, 2.05) is 0 Å². The van der Waals surface area contributed by atoms with Crippen molar-refractivity contribution < 1.29 is 9.90 Å². The number of halogens is 1. The smallest absolute Gasteiger partial charge is 0.335 e. The molecule has 1 rings (SSSR count). The molecule has 0 saturated carbocycles. The maximum atomic E-state index is 10.8. The minimum Gasteiger partial charge on any atom is -0.478 e. The third-order valence-corrected chi connectivity index (χ3v) is 2.07. The predicted octanol–water partition coefficient (Wildman–Crippen LogP) is 0.367. The van der Waals surface area contributed by atoms with Crippen LogP contribution < -0.4 is 17.2 Å². The van der Waals surface area contributed by atoms with Crippen LogP contribution in [0.3, 0.4) is 0 Å². The summed E-state index contributed by atoms with van der Waals surface area (Å²) >= 11 is 3.16. The van der Waals surface area contributed by atoms with Crippen LogP contribution >= 0.6 is 15.9 Å². The molecule has 0 aliphatic carbocycles. The number of carboxylic acid groups (broad SMARTS) is 1. The molecule has 0 aromatic heterocycles. The van der Waals surface area contributed by atoms with Crippen molar-refractivity contribution >= 4 is 39.5 Å². The number of aromatic carboxylic acids is 1. The molecule has 0 amide bonds. The average molecular weight is 300 g/mol. The topological polar surface area (TPSA) is 140 Å². The molecule has 90 valence electrons. The van der Waals surface area contributed by atoms with E-state index < -0.39 is 5.97 Å². The van der Waals surface area contributed by atoms with Crippen molar-refractivity contribution in [3.05, 3.63) is 28.2 Å². The fraction of sp³-hybridized carbons (Fsp3) is 0. The van der Waals surface area contributed by atoms with Gasteiger partial charge in [0.2, 0.25) is 5.96 Å². The van der Waals surface area contributed by atoms with Crippen molar-refractivity contribution in [3.8, 4) is 0 Å². The second-order valence-corrected chi connectivity index (χ2v) is 3.93. The van der Waals surface area contributed by atoms with Crippen molar-refractivity contribution in [1.29, 1.82) is 0 Å². The minimum atomic E-state index is -1.07. The lowest BCUT2D eigenvalue weighted by atomic mass is 10.2. The number of rotatable bonds is 2. The second kappa shape index (κ2) is 5.30. The summed E-state index contributed by atoms with van der Waals surface area (Å²) in [6.07, 6.45) is 0. The Morgan fingerprint density at radius 2 is 1.88 bits per heavy atom. The highest BCUT2D eigenvalue weighted by atomic mass is 79.9. The van der Waals surface area contributed by atoms with Crippen LogP contribution in [-0.2, 0) is 0 Å². The van der Waals surface area contributed by atoms with E-state index in [1.54, 1.807) is 6.07 Å². The molecule has 0 atom stereocenters. The molecule has 0 heterocycles. The van der Waals surface area contributed by atoms with Crippen molar-refractivity contribution in [2.24, 2.45) is 27.2 Å². The summed E-state index contributed by atoms with van der Waals surface area (Å²) in [5, 5.41) is 8.85. The van der Waals surface area contributed by atoms with E-state index in [4.69, 9.17) is 22.3 Å². The maximum absolute atomic E-state index is 10.8. The van der Waals surface area contributed by atoms with Gasteiger partial charge >= 0.3 is 5.97 Å². The maximum Gasteiger partial charge on any atom is 0.335 e. The zero-order valence-electron chi connectivity index (χ0n) is 8.59. The van der Waals surface area contributed by atoms with Gasteiger partial charge < -0.3 is 22.3 Å². The highest BCUT2D eigenvalue weighted by Gasteiger charge is 2.05. The second-order valence-electron chi connectivity index (χ2n) is 3.01. The van der Waals surface area contributed by atoms with E-state index in [1.165, 1.54) is 12.1 Å². The summed E-state index contributed by atoms with van der Waals surface area (Å²) in [5.41, 5.74) is 16.1. The quantitative estimate of drug-likeness (QED) is 0.461. The monoisotopic (exact) mass is 299 g/mol. The Morgan fingerprint density at radius 1 is 1.24 bits per heavy atom. The van der Waals surface area contributed by atoms with Crippen LogP contribution in [0.15, 0.2) is 32.7 Å². The number of carbonyl (C=O) groups is 1. The lowest BCUT2D eigenvalue weighted by Gasteiger charge is -2.00. The lowest BCUT2D eigenvalue weighted by Crippen LogP contribution is -2.26. The summed E-state index contributed by atoms with van der Waals surface area (Å²) in [5.74, 6) is -1.44. The van der Waals surface area contributed by atoms with Gasteiger partial charge in [0, 0.05) is 4.47 Å². The third kappa shape index (κ3) is 4.11. The SMILES string of the molecule is NC(N)=NC(N)=Nc1cc(Br)cc(C(=O)O)c1. The molecule has 0 aliphatic rings. The van der Waals surface area contributed by atoms with E-state index in [-0.39, 0.29) is 17.5 Å². The van der Waals surface area contributed by atoms with Crippen LogP contribution in [0.4, 0.5) is 5.69 Å². The van der Waals surface area contributed by atoms with Crippen molar-refractivity contribution in [2.75, 3.05) is 0 Å². The average Bonchev–Trinajstić information content (AvgIpc) is 2.14. The summed E-state index contributed by atoms with van der Waals surface area (Å²) in [6.45, 7) is 0. The largest absolute Gasteiger partial charge is 0.478 e. The molecule has 17 heavy (non-hydrogen) atoms. The molecule has 0 spiro atoms. The van der Waals surface area contributed by atoms with Gasteiger partial charge in [0.05, 0.1) is 11.3 Å². The number of guanidine groups is 2. The van der Waals surface area contributed by atoms with Crippen LogP contribution in [-0.4, -0.2) is 23.0 Å². The van der Waals surface area contributed by atoms with Gasteiger partial charge in [-0.2, -0.15) is 4.99 Å². The van der Waals surface area contributed by atoms with E-state index in [9.17, 15) is 4.79 Å². The van der Waals surface area contributed by atoms with Crippen LogP contribution in [0, 0.1) is 0 Å². The molecule has 7 nitrogen and oxygen atoms in total. The summed E-state index contributed by atoms with van der Waals surface area (Å²) < 4.78 is 0.564. The Morgan fingerprint density at radius 3 is 2.41 bits per heavy atom. The van der Waals surface area contributed by atoms with Crippen molar-refractivity contribution in [3.63, 3.8) is 0 Å². The molecule has 8 heteroatoms. The van der Waals surface area contributed by atoms with Crippen LogP contribution in [0.25, 0.3) is 0 Å². The first-order valence-corrected chi connectivity index (χ1v) is 5.15. The van der Waals surface area contributed by atoms with Gasteiger partial charge in [-0.25, -0.2) is 9.79 Å². The van der Waals surface area contributed by atoms with Crippen molar-refractivity contribution in [2.45, 2.75) is 0 Å². The number of benzene rings is 1. The van der Waals surface area contributed by atoms with Gasteiger partial charge in [-0.15, -0.1) is 0 Å². The lowest BCUT2D eigenvalue weighted by molar-refractivity contribution is 0.0697. The van der Waals surface area contributed by atoms with Gasteiger partial charge in [0.25, 0.3) is 0 Å². The Balaban J connectivity index is 3.15. The Labute approximate surface area is 105 Å². The molecular weight excluding hydrogens is 290 g/mol. The summed E-state index contributed by atoms with van der Waals surface area (Å²) in [4.78, 5) is 18.2. The van der Waals surface area contributed by atoms with E-state index >= 15 is 0 Å². The molecule has 0 radical (unpaired) electrons. The predicted molar refractivity (Wildman–Crippen MR) is 68.2 cm³/mol. The van der Waals surface area contributed by atoms with Crippen LogP contribution in [0.1, 0.15) is 10.4 Å². The normalized spacial score (nSPS) is 11.0. The summed E-state index contributed by atoms with van der Waals surface area (Å²) in [6, 6.07) is 4.38. The molecule has 0 unspecified atom stereocenters. The summed E-state index contributed by atoms with van der Waals surface area (Å²) in [7, 11) is 0. The van der Waals surface area contributed by atoms with E-state index in [0.717, 1.165) is 0 Å². The number of carboxylic acids is 1. The number of aliphatic imine (C=N–C) groups is 2. The number of nitrogens with zero attached hydrogens (tertiary/aromatic N) is 2. The highest BCUT2D eigenvalue weighted by molar-refractivity contribution is 9.10. The van der Waals surface area contributed by atoms with Crippen LogP contribution in [0.5, 0.6) is 0 Å². The molecule has 0 aliphatic heterocycles. The van der Waals surface area contributed by atoms with Crippen LogP contribution in [0.2, 0.25) is 0 Å². The fourth-order valence-electron chi connectivity index (χ4n) is 1.05. The number of hydrogen-bond acceptors (Lipinski definition) is 2. The first-order chi connectivity index (χ1) is 7.88. The Bertz CT molecular complexity index is 508. The highest BCUT2D eigenvalue weighted by Crippen LogP contribution is 2.22. The van der Waals surface area contributed by atoms with Gasteiger partial charge in [-0.1, -0.05) is 15.9 Å². The van der Waals surface area contributed by atoms with Gasteiger partial charge in [-0.05, 0) is 18.2 Å².